The highest BCUT2D eigenvalue weighted by molar-refractivity contribution is 7.89. The second-order valence-electron chi connectivity index (χ2n) is 5.53. The molecule has 4 nitrogen and oxygen atoms in total. The molecule has 1 aromatic carbocycles. The maximum absolute atomic E-state index is 14.0. The van der Waals surface area contributed by atoms with Crippen LogP contribution in [0.5, 0.6) is 0 Å². The summed E-state index contributed by atoms with van der Waals surface area (Å²) in [5.41, 5.74) is 0.403. The molecular weight excluding hydrogens is 298 g/mol. The maximum Gasteiger partial charge on any atom is 0.246 e. The fraction of sp³-hybridized carbons (Fsp3) is 0.571. The molecule has 7 heteroatoms. The summed E-state index contributed by atoms with van der Waals surface area (Å²) < 4.78 is 54.0. The Labute approximate surface area is 124 Å². The number of piperidine rings is 1. The second kappa shape index (κ2) is 6.37. The van der Waals surface area contributed by atoms with Crippen molar-refractivity contribution in [3.8, 4) is 0 Å². The number of rotatable bonds is 4. The third-order valence-corrected chi connectivity index (χ3v) is 5.54. The first-order valence-electron chi connectivity index (χ1n) is 6.99. The smallest absolute Gasteiger partial charge is 0.246 e. The zero-order valence-electron chi connectivity index (χ0n) is 12.2. The largest absolute Gasteiger partial charge is 0.316 e. The Hall–Kier alpha value is -1.05. The van der Waals surface area contributed by atoms with Crippen molar-refractivity contribution in [1.29, 1.82) is 0 Å². The average molecular weight is 318 g/mol. The molecule has 0 amide bonds. The van der Waals surface area contributed by atoms with Crippen molar-refractivity contribution in [3.63, 3.8) is 0 Å². The van der Waals surface area contributed by atoms with Gasteiger partial charge < -0.3 is 5.32 Å². The fourth-order valence-corrected chi connectivity index (χ4v) is 4.34. The monoisotopic (exact) mass is 318 g/mol. The molecule has 0 radical (unpaired) electrons. The third-order valence-electron chi connectivity index (χ3n) is 3.67. The van der Waals surface area contributed by atoms with E-state index in [1.807, 2.05) is 6.92 Å². The minimum Gasteiger partial charge on any atom is -0.316 e. The molecule has 1 aromatic rings. The average Bonchev–Trinajstić information content (AvgIpc) is 2.42. The second-order valence-corrected chi connectivity index (χ2v) is 7.44. The maximum atomic E-state index is 14.0. The summed E-state index contributed by atoms with van der Waals surface area (Å²) >= 11 is 0. The zero-order chi connectivity index (χ0) is 15.6. The van der Waals surface area contributed by atoms with Gasteiger partial charge in [-0.1, -0.05) is 6.92 Å². The van der Waals surface area contributed by atoms with E-state index in [0.29, 0.717) is 18.7 Å². The van der Waals surface area contributed by atoms with E-state index in [9.17, 15) is 17.2 Å². The summed E-state index contributed by atoms with van der Waals surface area (Å²) in [6.45, 7) is 2.93. The molecule has 0 aromatic heterocycles. The van der Waals surface area contributed by atoms with E-state index in [1.165, 1.54) is 10.4 Å². The van der Waals surface area contributed by atoms with Gasteiger partial charge in [-0.05, 0) is 43.5 Å². The molecule has 118 valence electrons. The lowest BCUT2D eigenvalue weighted by molar-refractivity contribution is 0.280. The summed E-state index contributed by atoms with van der Waals surface area (Å²) in [7, 11) is -2.34. The van der Waals surface area contributed by atoms with Gasteiger partial charge in [0.2, 0.25) is 10.0 Å². The first-order valence-corrected chi connectivity index (χ1v) is 8.43. The molecule has 1 heterocycles. The molecule has 1 aliphatic rings. The van der Waals surface area contributed by atoms with E-state index < -0.39 is 26.6 Å². The minimum atomic E-state index is -4.00. The van der Waals surface area contributed by atoms with Crippen LogP contribution in [-0.4, -0.2) is 32.9 Å². The lowest BCUT2D eigenvalue weighted by Crippen LogP contribution is -2.39. The molecule has 1 N–H and O–H groups in total. The van der Waals surface area contributed by atoms with Gasteiger partial charge >= 0.3 is 0 Å². The van der Waals surface area contributed by atoms with Gasteiger partial charge in [0.05, 0.1) is 0 Å². The van der Waals surface area contributed by atoms with Crippen LogP contribution in [0.15, 0.2) is 17.0 Å². The lowest BCUT2D eigenvalue weighted by atomic mass is 10.0. The summed E-state index contributed by atoms with van der Waals surface area (Å²) in [4.78, 5) is -0.568. The highest BCUT2D eigenvalue weighted by atomic mass is 32.2. The van der Waals surface area contributed by atoms with Crippen molar-refractivity contribution >= 4 is 10.0 Å². The fourth-order valence-electron chi connectivity index (χ4n) is 2.61. The van der Waals surface area contributed by atoms with Crippen molar-refractivity contribution in [3.05, 3.63) is 29.3 Å². The molecule has 0 aliphatic carbocycles. The van der Waals surface area contributed by atoms with E-state index in [1.54, 1.807) is 7.05 Å². The number of sulfonamides is 1. The van der Waals surface area contributed by atoms with Gasteiger partial charge in [0.15, 0.2) is 11.6 Å². The van der Waals surface area contributed by atoms with E-state index in [4.69, 9.17) is 0 Å². The van der Waals surface area contributed by atoms with Crippen molar-refractivity contribution in [1.82, 2.24) is 9.62 Å². The standard InChI is InChI=1S/C14H20F2N2O2S/c1-10-4-3-5-18(9-10)21(19,20)13-7-11(8-17-2)6-12(15)14(13)16/h6-7,10,17H,3-5,8-9H2,1-2H3. The van der Waals surface area contributed by atoms with Crippen LogP contribution in [-0.2, 0) is 16.6 Å². The van der Waals surface area contributed by atoms with E-state index in [-0.39, 0.29) is 12.5 Å². The Morgan fingerprint density at radius 2 is 2.10 bits per heavy atom. The highest BCUT2D eigenvalue weighted by Gasteiger charge is 2.32. The van der Waals surface area contributed by atoms with Gasteiger partial charge in [0, 0.05) is 19.6 Å². The molecule has 2 rings (SSSR count). The number of nitrogens with zero attached hydrogens (tertiary/aromatic N) is 1. The van der Waals surface area contributed by atoms with Gasteiger partial charge in [0.1, 0.15) is 4.90 Å². The van der Waals surface area contributed by atoms with Crippen molar-refractivity contribution in [2.24, 2.45) is 5.92 Å². The normalized spacial score (nSPS) is 20.7. The van der Waals surface area contributed by atoms with Crippen LogP contribution >= 0.6 is 0 Å². The Bertz CT molecular complexity index is 620. The predicted molar refractivity (Wildman–Crippen MR) is 76.3 cm³/mol. The number of nitrogens with one attached hydrogen (secondary N) is 1. The number of hydrogen-bond donors (Lipinski definition) is 1. The van der Waals surface area contributed by atoms with Crippen LogP contribution < -0.4 is 5.32 Å². The first-order chi connectivity index (χ1) is 9.86. The molecule has 0 saturated carbocycles. The minimum absolute atomic E-state index is 0.224. The Balaban J connectivity index is 2.43. The summed E-state index contributed by atoms with van der Waals surface area (Å²) in [6, 6.07) is 2.23. The molecular formula is C14H20F2N2O2S. The third kappa shape index (κ3) is 3.41. The molecule has 1 saturated heterocycles. The van der Waals surface area contributed by atoms with Crippen molar-refractivity contribution < 1.29 is 17.2 Å². The van der Waals surface area contributed by atoms with E-state index in [2.05, 4.69) is 5.32 Å². The van der Waals surface area contributed by atoms with Gasteiger partial charge in [-0.2, -0.15) is 4.31 Å². The molecule has 1 aliphatic heterocycles. The number of benzene rings is 1. The topological polar surface area (TPSA) is 49.4 Å². The molecule has 0 bridgehead atoms. The van der Waals surface area contributed by atoms with E-state index in [0.717, 1.165) is 18.9 Å². The lowest BCUT2D eigenvalue weighted by Gasteiger charge is -2.30. The Morgan fingerprint density at radius 3 is 2.71 bits per heavy atom. The Morgan fingerprint density at radius 1 is 1.38 bits per heavy atom. The first kappa shape index (κ1) is 16.3. The SMILES string of the molecule is CNCc1cc(F)c(F)c(S(=O)(=O)N2CCCC(C)C2)c1. The summed E-state index contributed by atoms with van der Waals surface area (Å²) in [5.74, 6) is -2.21. The summed E-state index contributed by atoms with van der Waals surface area (Å²) in [6.07, 6.45) is 1.68. The molecule has 21 heavy (non-hydrogen) atoms. The molecule has 1 fully saturated rings. The zero-order valence-corrected chi connectivity index (χ0v) is 13.0. The predicted octanol–water partition coefficient (Wildman–Crippen LogP) is 2.10. The number of halogens is 2. The molecule has 1 atom stereocenters. The number of hydrogen-bond acceptors (Lipinski definition) is 3. The van der Waals surface area contributed by atoms with Crippen LogP contribution in [0.4, 0.5) is 8.78 Å². The Kier molecular flexibility index (Phi) is 4.95. The quantitative estimate of drug-likeness (QED) is 0.925. The van der Waals surface area contributed by atoms with Crippen LogP contribution in [0, 0.1) is 17.6 Å². The van der Waals surface area contributed by atoms with Gasteiger partial charge in [-0.15, -0.1) is 0 Å². The van der Waals surface area contributed by atoms with Crippen LogP contribution in [0.1, 0.15) is 25.3 Å². The van der Waals surface area contributed by atoms with Crippen LogP contribution in [0.2, 0.25) is 0 Å². The van der Waals surface area contributed by atoms with Gasteiger partial charge in [-0.25, -0.2) is 17.2 Å². The highest BCUT2D eigenvalue weighted by Crippen LogP contribution is 2.27. The summed E-state index contributed by atoms with van der Waals surface area (Å²) in [5, 5.41) is 2.80. The molecule has 1 unspecified atom stereocenters. The van der Waals surface area contributed by atoms with Crippen molar-refractivity contribution in [2.75, 3.05) is 20.1 Å². The van der Waals surface area contributed by atoms with Gasteiger partial charge in [-0.3, -0.25) is 0 Å². The van der Waals surface area contributed by atoms with Gasteiger partial charge in [0.25, 0.3) is 0 Å². The van der Waals surface area contributed by atoms with E-state index >= 15 is 0 Å². The van der Waals surface area contributed by atoms with Crippen LogP contribution in [0.3, 0.4) is 0 Å². The van der Waals surface area contributed by atoms with Crippen LogP contribution in [0.25, 0.3) is 0 Å². The van der Waals surface area contributed by atoms with Crippen molar-refractivity contribution in [2.45, 2.75) is 31.2 Å². The molecule has 0 spiro atoms.